The van der Waals surface area contributed by atoms with Crippen molar-refractivity contribution in [2.45, 2.75) is 51.9 Å². The molecule has 0 bridgehead atoms. The number of hydrogen-bond donors (Lipinski definition) is 1. The summed E-state index contributed by atoms with van der Waals surface area (Å²) in [6, 6.07) is 7.67. The van der Waals surface area contributed by atoms with Gasteiger partial charge >= 0.3 is 0 Å². The van der Waals surface area contributed by atoms with Gasteiger partial charge < -0.3 is 14.5 Å². The Labute approximate surface area is 135 Å². The number of nitrogens with zero attached hydrogens (tertiary/aromatic N) is 1. The highest BCUT2D eigenvalue weighted by molar-refractivity contribution is 6.74. The number of nitriles is 1. The smallest absolute Gasteiger partial charge is 0.192 e. The zero-order valence-corrected chi connectivity index (χ0v) is 15.8. The van der Waals surface area contributed by atoms with Gasteiger partial charge in [-0.25, -0.2) is 0 Å². The SMILES string of the molecule is COc1ccc(NC[C@@H](C)O[Si](C)(C)C(C)(C)C)cc1C#N. The van der Waals surface area contributed by atoms with Crippen LogP contribution in [0.15, 0.2) is 18.2 Å². The fourth-order valence-corrected chi connectivity index (χ4v) is 3.33. The first-order valence-corrected chi connectivity index (χ1v) is 10.5. The predicted octanol–water partition coefficient (Wildman–Crippen LogP) is 4.39. The lowest BCUT2D eigenvalue weighted by molar-refractivity contribution is 0.211. The van der Waals surface area contributed by atoms with Crippen LogP contribution in [0.25, 0.3) is 0 Å². The van der Waals surface area contributed by atoms with Gasteiger partial charge in [0, 0.05) is 12.2 Å². The summed E-state index contributed by atoms with van der Waals surface area (Å²) < 4.78 is 11.5. The molecule has 0 unspecified atom stereocenters. The van der Waals surface area contributed by atoms with E-state index in [0.717, 1.165) is 5.69 Å². The average molecular weight is 321 g/mol. The Morgan fingerprint density at radius 2 is 1.95 bits per heavy atom. The average Bonchev–Trinajstić information content (AvgIpc) is 2.43. The second kappa shape index (κ2) is 7.17. The molecular formula is C17H28N2O2Si. The summed E-state index contributed by atoms with van der Waals surface area (Å²) in [5.74, 6) is 0.596. The third-order valence-corrected chi connectivity index (χ3v) is 8.82. The van der Waals surface area contributed by atoms with Crippen LogP contribution < -0.4 is 10.1 Å². The van der Waals surface area contributed by atoms with Crippen molar-refractivity contribution in [3.8, 4) is 11.8 Å². The highest BCUT2D eigenvalue weighted by Crippen LogP contribution is 2.37. The Hall–Kier alpha value is -1.51. The number of benzene rings is 1. The second-order valence-electron chi connectivity index (χ2n) is 7.10. The van der Waals surface area contributed by atoms with Gasteiger partial charge in [-0.05, 0) is 43.3 Å². The van der Waals surface area contributed by atoms with Gasteiger partial charge in [0.1, 0.15) is 11.8 Å². The zero-order chi connectivity index (χ0) is 17.0. The van der Waals surface area contributed by atoms with Crippen LogP contribution in [-0.2, 0) is 4.43 Å². The molecule has 0 spiro atoms. The summed E-state index contributed by atoms with van der Waals surface area (Å²) in [4.78, 5) is 0. The van der Waals surface area contributed by atoms with Gasteiger partial charge in [-0.1, -0.05) is 20.8 Å². The molecule has 0 heterocycles. The van der Waals surface area contributed by atoms with Crippen LogP contribution >= 0.6 is 0 Å². The van der Waals surface area contributed by atoms with Gasteiger partial charge in [-0.2, -0.15) is 5.26 Å². The molecule has 4 nitrogen and oxygen atoms in total. The number of hydrogen-bond acceptors (Lipinski definition) is 4. The van der Waals surface area contributed by atoms with E-state index >= 15 is 0 Å². The Kier molecular flexibility index (Phi) is 6.04. The van der Waals surface area contributed by atoms with Crippen LogP contribution in [0, 0.1) is 11.3 Å². The van der Waals surface area contributed by atoms with Crippen molar-refractivity contribution in [3.63, 3.8) is 0 Å². The van der Waals surface area contributed by atoms with Crippen molar-refractivity contribution in [1.82, 2.24) is 0 Å². The molecule has 0 saturated heterocycles. The molecule has 0 amide bonds. The molecule has 1 rings (SSSR count). The summed E-state index contributed by atoms with van der Waals surface area (Å²) in [7, 11) is -0.183. The molecule has 22 heavy (non-hydrogen) atoms. The van der Waals surface area contributed by atoms with Gasteiger partial charge in [0.2, 0.25) is 0 Å². The minimum atomic E-state index is -1.75. The molecule has 1 atom stereocenters. The van der Waals surface area contributed by atoms with Crippen molar-refractivity contribution in [2.75, 3.05) is 19.0 Å². The third kappa shape index (κ3) is 4.75. The van der Waals surface area contributed by atoms with Crippen LogP contribution in [0.3, 0.4) is 0 Å². The molecule has 0 aliphatic carbocycles. The van der Waals surface area contributed by atoms with Crippen LogP contribution in [0.1, 0.15) is 33.3 Å². The molecule has 0 saturated carbocycles. The number of anilines is 1. The second-order valence-corrected chi connectivity index (χ2v) is 11.9. The maximum absolute atomic E-state index is 9.12. The van der Waals surface area contributed by atoms with Gasteiger partial charge in [0.25, 0.3) is 0 Å². The first kappa shape index (κ1) is 18.5. The molecule has 0 aliphatic rings. The van der Waals surface area contributed by atoms with Gasteiger partial charge in [-0.15, -0.1) is 0 Å². The molecule has 0 aliphatic heterocycles. The molecule has 0 radical (unpaired) electrons. The van der Waals surface area contributed by atoms with Crippen molar-refractivity contribution >= 4 is 14.0 Å². The van der Waals surface area contributed by atoms with E-state index in [1.165, 1.54) is 0 Å². The molecule has 122 valence electrons. The molecule has 0 aromatic heterocycles. The molecule has 1 aromatic rings. The maximum atomic E-state index is 9.12. The summed E-state index contributed by atoms with van der Waals surface area (Å²) in [6.45, 7) is 14.0. The molecule has 1 aromatic carbocycles. The normalized spacial score (nSPS) is 13.4. The summed E-state index contributed by atoms with van der Waals surface area (Å²) >= 11 is 0. The highest BCUT2D eigenvalue weighted by atomic mass is 28.4. The van der Waals surface area contributed by atoms with Gasteiger partial charge in [0.15, 0.2) is 8.32 Å². The van der Waals surface area contributed by atoms with E-state index in [0.29, 0.717) is 17.9 Å². The van der Waals surface area contributed by atoms with E-state index in [-0.39, 0.29) is 11.1 Å². The Morgan fingerprint density at radius 3 is 2.45 bits per heavy atom. The molecule has 1 N–H and O–H groups in total. The van der Waals surface area contributed by atoms with E-state index < -0.39 is 8.32 Å². The first-order chi connectivity index (χ1) is 10.1. The topological polar surface area (TPSA) is 54.3 Å². The Balaban J connectivity index is 2.65. The molecule has 0 fully saturated rings. The lowest BCUT2D eigenvalue weighted by atomic mass is 10.2. The highest BCUT2D eigenvalue weighted by Gasteiger charge is 2.38. The summed E-state index contributed by atoms with van der Waals surface area (Å²) in [5.41, 5.74) is 1.44. The largest absolute Gasteiger partial charge is 0.495 e. The van der Waals surface area contributed by atoms with Gasteiger partial charge in [0.05, 0.1) is 18.8 Å². The molecule has 5 heteroatoms. The van der Waals surface area contributed by atoms with Crippen molar-refractivity contribution in [2.24, 2.45) is 0 Å². The van der Waals surface area contributed by atoms with E-state index in [2.05, 4.69) is 52.2 Å². The van der Waals surface area contributed by atoms with Crippen LogP contribution in [0.4, 0.5) is 5.69 Å². The van der Waals surface area contributed by atoms with Crippen molar-refractivity contribution in [1.29, 1.82) is 5.26 Å². The predicted molar refractivity (Wildman–Crippen MR) is 93.9 cm³/mol. The lowest BCUT2D eigenvalue weighted by Gasteiger charge is -2.38. The Morgan fingerprint density at radius 1 is 1.32 bits per heavy atom. The van der Waals surface area contributed by atoms with E-state index in [4.69, 9.17) is 14.4 Å². The van der Waals surface area contributed by atoms with Crippen molar-refractivity contribution < 1.29 is 9.16 Å². The maximum Gasteiger partial charge on any atom is 0.192 e. The fraction of sp³-hybridized carbons (Fsp3) is 0.588. The van der Waals surface area contributed by atoms with Gasteiger partial charge in [-0.3, -0.25) is 0 Å². The van der Waals surface area contributed by atoms with E-state index in [9.17, 15) is 0 Å². The quantitative estimate of drug-likeness (QED) is 0.790. The summed E-state index contributed by atoms with van der Waals surface area (Å²) in [5, 5.41) is 12.7. The fourth-order valence-electron chi connectivity index (χ4n) is 1.89. The summed E-state index contributed by atoms with van der Waals surface area (Å²) in [6.07, 6.45) is 0.119. The van der Waals surface area contributed by atoms with Crippen LogP contribution in [0.2, 0.25) is 18.1 Å². The van der Waals surface area contributed by atoms with Crippen molar-refractivity contribution in [3.05, 3.63) is 23.8 Å². The number of nitrogens with one attached hydrogen (secondary N) is 1. The monoisotopic (exact) mass is 320 g/mol. The number of rotatable bonds is 6. The van der Waals surface area contributed by atoms with Crippen LogP contribution in [-0.4, -0.2) is 28.1 Å². The number of methoxy groups -OCH3 is 1. The lowest BCUT2D eigenvalue weighted by Crippen LogP contribution is -2.44. The van der Waals surface area contributed by atoms with Crippen LogP contribution in [0.5, 0.6) is 5.75 Å². The molecular weight excluding hydrogens is 292 g/mol. The zero-order valence-electron chi connectivity index (χ0n) is 14.8. The van der Waals surface area contributed by atoms with E-state index in [1.54, 1.807) is 19.2 Å². The standard InChI is InChI=1S/C17H28N2O2Si/c1-13(21-22(6,7)17(2,3)4)12-19-15-8-9-16(20-5)14(10-15)11-18/h8-10,13,19H,12H2,1-7H3/t13-/m1/s1. The number of ether oxygens (including phenoxy) is 1. The minimum absolute atomic E-state index is 0.119. The first-order valence-electron chi connectivity index (χ1n) is 7.60. The third-order valence-electron chi connectivity index (χ3n) is 4.22. The minimum Gasteiger partial charge on any atom is -0.495 e. The Bertz CT molecular complexity index is 545. The van der Waals surface area contributed by atoms with E-state index in [1.807, 2.05) is 6.07 Å².